The predicted molar refractivity (Wildman–Crippen MR) is 74.3 cm³/mol. The Morgan fingerprint density at radius 1 is 1.39 bits per heavy atom. The molecule has 2 aliphatic rings. The quantitative estimate of drug-likeness (QED) is 0.882. The first-order valence-electron chi connectivity index (χ1n) is 6.87. The largest absolute Gasteiger partial charge is 0.497 e. The smallest absolute Gasteiger partial charge is 0.120 e. The summed E-state index contributed by atoms with van der Waals surface area (Å²) in [6.07, 6.45) is 4.09. The number of anilines is 1. The van der Waals surface area contributed by atoms with Crippen molar-refractivity contribution in [1.29, 1.82) is 0 Å². The van der Waals surface area contributed by atoms with E-state index in [1.807, 2.05) is 6.07 Å². The highest BCUT2D eigenvalue weighted by atomic mass is 16.5. The summed E-state index contributed by atoms with van der Waals surface area (Å²) in [5.74, 6) is 1.74. The molecule has 0 aromatic heterocycles. The van der Waals surface area contributed by atoms with Gasteiger partial charge in [0, 0.05) is 37.4 Å². The number of methoxy groups -OCH3 is 1. The minimum Gasteiger partial charge on any atom is -0.497 e. The fourth-order valence-corrected chi connectivity index (χ4v) is 3.44. The van der Waals surface area contributed by atoms with Crippen molar-refractivity contribution < 1.29 is 4.74 Å². The van der Waals surface area contributed by atoms with Crippen LogP contribution in [-0.4, -0.2) is 32.8 Å². The summed E-state index contributed by atoms with van der Waals surface area (Å²) in [6.45, 7) is 1.14. The summed E-state index contributed by atoms with van der Waals surface area (Å²) >= 11 is 0. The van der Waals surface area contributed by atoms with Gasteiger partial charge in [-0.25, -0.2) is 0 Å². The van der Waals surface area contributed by atoms with Crippen LogP contribution < -0.4 is 15.0 Å². The van der Waals surface area contributed by atoms with Crippen molar-refractivity contribution in [2.75, 3.05) is 25.6 Å². The van der Waals surface area contributed by atoms with Crippen LogP contribution in [0.15, 0.2) is 24.3 Å². The van der Waals surface area contributed by atoms with Crippen LogP contribution in [0.5, 0.6) is 5.75 Å². The van der Waals surface area contributed by atoms with Crippen LogP contribution in [0, 0.1) is 5.92 Å². The zero-order valence-electron chi connectivity index (χ0n) is 11.2. The lowest BCUT2D eigenvalue weighted by molar-refractivity contribution is 0.407. The van der Waals surface area contributed by atoms with Crippen molar-refractivity contribution in [3.63, 3.8) is 0 Å². The highest BCUT2D eigenvalue weighted by Crippen LogP contribution is 2.34. The van der Waals surface area contributed by atoms with Gasteiger partial charge in [-0.1, -0.05) is 6.07 Å². The first kappa shape index (κ1) is 11.8. The molecule has 0 spiro atoms. The fraction of sp³-hybridized carbons (Fsp3) is 0.600. The van der Waals surface area contributed by atoms with Crippen molar-refractivity contribution in [2.45, 2.75) is 31.3 Å². The zero-order valence-corrected chi connectivity index (χ0v) is 11.2. The molecule has 3 nitrogen and oxygen atoms in total. The second-order valence-corrected chi connectivity index (χ2v) is 5.63. The topological polar surface area (TPSA) is 24.5 Å². The Morgan fingerprint density at radius 2 is 2.28 bits per heavy atom. The van der Waals surface area contributed by atoms with Gasteiger partial charge in [-0.3, -0.25) is 0 Å². The first-order chi connectivity index (χ1) is 8.76. The van der Waals surface area contributed by atoms with E-state index in [0.717, 1.165) is 30.3 Å². The lowest BCUT2D eigenvalue weighted by Crippen LogP contribution is -2.32. The normalized spacial score (nSPS) is 29.6. The van der Waals surface area contributed by atoms with Crippen LogP contribution >= 0.6 is 0 Å². The number of hydrogen-bond donors (Lipinski definition) is 1. The summed E-state index contributed by atoms with van der Waals surface area (Å²) in [5, 5.41) is 3.71. The Balaban J connectivity index is 1.65. The summed E-state index contributed by atoms with van der Waals surface area (Å²) in [7, 11) is 3.90. The maximum Gasteiger partial charge on any atom is 0.120 e. The van der Waals surface area contributed by atoms with E-state index in [4.69, 9.17) is 4.74 Å². The van der Waals surface area contributed by atoms with Gasteiger partial charge in [0.05, 0.1) is 7.11 Å². The second kappa shape index (κ2) is 4.81. The molecule has 1 aromatic rings. The number of hydrogen-bond acceptors (Lipinski definition) is 3. The molecular weight excluding hydrogens is 224 g/mol. The van der Waals surface area contributed by atoms with Gasteiger partial charge >= 0.3 is 0 Å². The Bertz CT molecular complexity index is 421. The summed E-state index contributed by atoms with van der Waals surface area (Å²) in [4.78, 5) is 2.36. The molecule has 0 radical (unpaired) electrons. The van der Waals surface area contributed by atoms with Crippen LogP contribution in [0.3, 0.4) is 0 Å². The maximum atomic E-state index is 5.29. The molecule has 2 bridgehead atoms. The minimum atomic E-state index is 0.753. The molecule has 98 valence electrons. The van der Waals surface area contributed by atoms with E-state index in [1.54, 1.807) is 7.11 Å². The van der Waals surface area contributed by atoms with Crippen LogP contribution in [0.4, 0.5) is 5.69 Å². The Kier molecular flexibility index (Phi) is 3.16. The van der Waals surface area contributed by atoms with Gasteiger partial charge in [-0.15, -0.1) is 0 Å². The second-order valence-electron chi connectivity index (χ2n) is 5.63. The molecule has 2 fully saturated rings. The number of fused-ring (bicyclic) bond motifs is 2. The van der Waals surface area contributed by atoms with E-state index < -0.39 is 0 Å². The third-order valence-electron chi connectivity index (χ3n) is 4.43. The van der Waals surface area contributed by atoms with Crippen LogP contribution in [-0.2, 0) is 0 Å². The van der Waals surface area contributed by atoms with Crippen LogP contribution in [0.2, 0.25) is 0 Å². The number of ether oxygens (including phenoxy) is 1. The van der Waals surface area contributed by atoms with Gasteiger partial charge in [0.1, 0.15) is 5.75 Å². The standard InChI is InChI=1S/C15H22N2O/c1-17(13-4-3-5-14(9-13)18-2)10-11-8-12-6-7-15(11)16-12/h3-5,9,11-12,15-16H,6-8,10H2,1-2H3. The predicted octanol–water partition coefficient (Wildman–Crippen LogP) is 2.27. The highest BCUT2D eigenvalue weighted by Gasteiger charge is 2.39. The molecule has 2 saturated heterocycles. The Hall–Kier alpha value is -1.22. The number of benzene rings is 1. The lowest BCUT2D eigenvalue weighted by atomic mass is 9.89. The Morgan fingerprint density at radius 3 is 2.94 bits per heavy atom. The Labute approximate surface area is 109 Å². The third kappa shape index (κ3) is 2.19. The molecule has 0 aliphatic carbocycles. The first-order valence-corrected chi connectivity index (χ1v) is 6.87. The molecule has 18 heavy (non-hydrogen) atoms. The number of nitrogens with one attached hydrogen (secondary N) is 1. The zero-order chi connectivity index (χ0) is 12.5. The lowest BCUT2D eigenvalue weighted by Gasteiger charge is -2.27. The molecule has 0 amide bonds. The van der Waals surface area contributed by atoms with Crippen molar-refractivity contribution in [2.24, 2.45) is 5.92 Å². The SMILES string of the molecule is COc1cccc(N(C)CC2CC3CCC2N3)c1. The molecule has 2 heterocycles. The minimum absolute atomic E-state index is 0.753. The number of nitrogens with zero attached hydrogens (tertiary/aromatic N) is 1. The van der Waals surface area contributed by atoms with Gasteiger partial charge in [0.15, 0.2) is 0 Å². The van der Waals surface area contributed by atoms with Crippen molar-refractivity contribution >= 4 is 5.69 Å². The third-order valence-corrected chi connectivity index (χ3v) is 4.43. The molecule has 3 atom stereocenters. The van der Waals surface area contributed by atoms with Gasteiger partial charge in [0.2, 0.25) is 0 Å². The molecule has 3 heteroatoms. The van der Waals surface area contributed by atoms with E-state index >= 15 is 0 Å². The van der Waals surface area contributed by atoms with E-state index in [1.165, 1.54) is 24.9 Å². The molecule has 1 aromatic carbocycles. The van der Waals surface area contributed by atoms with Gasteiger partial charge in [-0.05, 0) is 37.3 Å². The fourth-order valence-electron chi connectivity index (χ4n) is 3.44. The van der Waals surface area contributed by atoms with E-state index in [-0.39, 0.29) is 0 Å². The monoisotopic (exact) mass is 246 g/mol. The molecule has 0 saturated carbocycles. The number of rotatable bonds is 4. The van der Waals surface area contributed by atoms with Crippen LogP contribution in [0.1, 0.15) is 19.3 Å². The molecule has 2 aliphatic heterocycles. The average molecular weight is 246 g/mol. The van der Waals surface area contributed by atoms with Gasteiger partial charge in [-0.2, -0.15) is 0 Å². The summed E-state index contributed by atoms with van der Waals surface area (Å²) < 4.78 is 5.29. The molecule has 3 unspecified atom stereocenters. The van der Waals surface area contributed by atoms with E-state index in [0.29, 0.717) is 0 Å². The summed E-state index contributed by atoms with van der Waals surface area (Å²) in [5.41, 5.74) is 1.25. The molecule has 1 N–H and O–H groups in total. The maximum absolute atomic E-state index is 5.29. The van der Waals surface area contributed by atoms with Crippen molar-refractivity contribution in [3.05, 3.63) is 24.3 Å². The van der Waals surface area contributed by atoms with Crippen molar-refractivity contribution in [1.82, 2.24) is 5.32 Å². The average Bonchev–Trinajstić information content (AvgIpc) is 3.01. The van der Waals surface area contributed by atoms with E-state index in [9.17, 15) is 0 Å². The molecule has 3 rings (SSSR count). The summed E-state index contributed by atoms with van der Waals surface area (Å²) in [6, 6.07) is 9.87. The molecular formula is C15H22N2O. The van der Waals surface area contributed by atoms with E-state index in [2.05, 4.69) is 35.5 Å². The van der Waals surface area contributed by atoms with Crippen molar-refractivity contribution in [3.8, 4) is 5.75 Å². The van der Waals surface area contributed by atoms with Gasteiger partial charge < -0.3 is 15.0 Å². The van der Waals surface area contributed by atoms with Gasteiger partial charge in [0.25, 0.3) is 0 Å². The highest BCUT2D eigenvalue weighted by molar-refractivity contribution is 5.50. The van der Waals surface area contributed by atoms with Crippen LogP contribution in [0.25, 0.3) is 0 Å².